The molecule has 1 unspecified atom stereocenters. The van der Waals surface area contributed by atoms with Crippen LogP contribution < -0.4 is 10.5 Å². The molecule has 2 rings (SSSR count). The molecule has 0 radical (unpaired) electrons. The Morgan fingerprint density at radius 1 is 1.50 bits per heavy atom. The van der Waals surface area contributed by atoms with Gasteiger partial charge in [0.15, 0.2) is 0 Å². The first-order valence-corrected chi connectivity index (χ1v) is 8.02. The third-order valence-corrected chi connectivity index (χ3v) is 4.22. The molecule has 1 aromatic rings. The molecule has 0 bridgehead atoms. The lowest BCUT2D eigenvalue weighted by Gasteiger charge is -2.11. The number of hydrogen-bond acceptors (Lipinski definition) is 4. The van der Waals surface area contributed by atoms with Gasteiger partial charge < -0.3 is 10.1 Å². The topological polar surface area (TPSA) is 98.5 Å². The second kappa shape index (κ2) is 6.09. The number of ether oxygens (including phenoxy) is 1. The maximum atomic E-state index is 11.9. The van der Waals surface area contributed by atoms with E-state index in [1.165, 1.54) is 18.2 Å². The molecule has 8 heteroatoms. The summed E-state index contributed by atoms with van der Waals surface area (Å²) in [6, 6.07) is 3.90. The van der Waals surface area contributed by atoms with Crippen LogP contribution in [0.3, 0.4) is 0 Å². The van der Waals surface area contributed by atoms with Crippen LogP contribution in [0.25, 0.3) is 0 Å². The first kappa shape index (κ1) is 15.2. The van der Waals surface area contributed by atoms with Crippen molar-refractivity contribution in [2.24, 2.45) is 5.14 Å². The summed E-state index contributed by atoms with van der Waals surface area (Å²) in [6.07, 6.45) is 1.92. The molecule has 1 aliphatic rings. The average Bonchev–Trinajstić information content (AvgIpc) is 2.83. The molecule has 1 aromatic carbocycles. The van der Waals surface area contributed by atoms with Crippen LogP contribution in [0.1, 0.15) is 19.3 Å². The molecule has 1 fully saturated rings. The number of benzene rings is 1. The van der Waals surface area contributed by atoms with E-state index in [-0.39, 0.29) is 34.0 Å². The van der Waals surface area contributed by atoms with Gasteiger partial charge in [0.1, 0.15) is 0 Å². The van der Waals surface area contributed by atoms with Gasteiger partial charge in [-0.2, -0.15) is 0 Å². The van der Waals surface area contributed by atoms with Gasteiger partial charge in [-0.25, -0.2) is 13.6 Å². The number of sulfonamides is 1. The van der Waals surface area contributed by atoms with Gasteiger partial charge in [-0.05, 0) is 31.0 Å². The van der Waals surface area contributed by atoms with Gasteiger partial charge in [0, 0.05) is 6.61 Å². The van der Waals surface area contributed by atoms with Crippen molar-refractivity contribution < 1.29 is 17.9 Å². The fourth-order valence-electron chi connectivity index (χ4n) is 1.99. The Bertz CT molecular complexity index is 612. The van der Waals surface area contributed by atoms with Crippen LogP contribution in [0, 0.1) is 0 Å². The van der Waals surface area contributed by atoms with Crippen LogP contribution in [0.5, 0.6) is 0 Å². The molecule has 20 heavy (non-hydrogen) atoms. The molecule has 6 nitrogen and oxygen atoms in total. The smallest absolute Gasteiger partial charge is 0.238 e. The van der Waals surface area contributed by atoms with Crippen molar-refractivity contribution in [3.63, 3.8) is 0 Å². The van der Waals surface area contributed by atoms with E-state index in [2.05, 4.69) is 5.32 Å². The van der Waals surface area contributed by atoms with E-state index in [0.717, 1.165) is 12.8 Å². The minimum atomic E-state index is -3.83. The summed E-state index contributed by atoms with van der Waals surface area (Å²) in [7, 11) is -3.83. The van der Waals surface area contributed by atoms with Gasteiger partial charge in [-0.1, -0.05) is 11.6 Å². The Morgan fingerprint density at radius 3 is 2.85 bits per heavy atom. The maximum Gasteiger partial charge on any atom is 0.238 e. The van der Waals surface area contributed by atoms with Crippen molar-refractivity contribution in [2.75, 3.05) is 11.9 Å². The third-order valence-electron chi connectivity index (χ3n) is 2.98. The molecule has 1 heterocycles. The standard InChI is InChI=1S/C12H15ClN2O4S/c13-10-4-3-9(20(14,17)18)7-11(10)15-12(16)6-8-2-1-5-19-8/h3-4,7-8H,1-2,5-6H2,(H,15,16)(H2,14,17,18). The largest absolute Gasteiger partial charge is 0.378 e. The van der Waals surface area contributed by atoms with Crippen molar-refractivity contribution >= 4 is 33.2 Å². The summed E-state index contributed by atoms with van der Waals surface area (Å²) in [5.74, 6) is -0.273. The molecule has 1 saturated heterocycles. The van der Waals surface area contributed by atoms with Gasteiger partial charge in [-0.3, -0.25) is 4.79 Å². The number of hydrogen-bond donors (Lipinski definition) is 2. The molecule has 110 valence electrons. The van der Waals surface area contributed by atoms with Gasteiger partial charge in [0.05, 0.1) is 28.1 Å². The first-order chi connectivity index (χ1) is 9.36. The lowest BCUT2D eigenvalue weighted by atomic mass is 10.2. The van der Waals surface area contributed by atoms with Gasteiger partial charge in [-0.15, -0.1) is 0 Å². The van der Waals surface area contributed by atoms with Crippen LogP contribution in [0.2, 0.25) is 5.02 Å². The zero-order valence-electron chi connectivity index (χ0n) is 10.6. The minimum absolute atomic E-state index is 0.0878. The molecular formula is C12H15ClN2O4S. The highest BCUT2D eigenvalue weighted by molar-refractivity contribution is 7.89. The molecule has 1 aliphatic heterocycles. The van der Waals surface area contributed by atoms with Crippen LogP contribution in [-0.2, 0) is 19.6 Å². The quantitative estimate of drug-likeness (QED) is 0.878. The number of nitrogens with two attached hydrogens (primary N) is 1. The number of nitrogens with one attached hydrogen (secondary N) is 1. The van der Waals surface area contributed by atoms with Gasteiger partial charge in [0.2, 0.25) is 15.9 Å². The van der Waals surface area contributed by atoms with E-state index < -0.39 is 10.0 Å². The molecule has 0 aliphatic carbocycles. The first-order valence-electron chi connectivity index (χ1n) is 6.10. The van der Waals surface area contributed by atoms with E-state index in [0.29, 0.717) is 6.61 Å². The Morgan fingerprint density at radius 2 is 2.25 bits per heavy atom. The number of anilines is 1. The summed E-state index contributed by atoms with van der Waals surface area (Å²) < 4.78 is 27.9. The van der Waals surface area contributed by atoms with Crippen LogP contribution >= 0.6 is 11.6 Å². The second-order valence-electron chi connectivity index (χ2n) is 4.57. The SMILES string of the molecule is NS(=O)(=O)c1ccc(Cl)c(NC(=O)CC2CCCO2)c1. The summed E-state index contributed by atoms with van der Waals surface area (Å²) >= 11 is 5.93. The van der Waals surface area contributed by atoms with Crippen LogP contribution in [-0.4, -0.2) is 27.0 Å². The van der Waals surface area contributed by atoms with Crippen molar-refractivity contribution in [2.45, 2.75) is 30.3 Å². The van der Waals surface area contributed by atoms with Crippen molar-refractivity contribution in [3.8, 4) is 0 Å². The van der Waals surface area contributed by atoms with E-state index in [9.17, 15) is 13.2 Å². The summed E-state index contributed by atoms with van der Waals surface area (Å²) in [5.41, 5.74) is 0.223. The fraction of sp³-hybridized carbons (Fsp3) is 0.417. The summed E-state index contributed by atoms with van der Waals surface area (Å²) in [4.78, 5) is 11.7. The Kier molecular flexibility index (Phi) is 4.64. The maximum absolute atomic E-state index is 11.9. The highest BCUT2D eigenvalue weighted by Crippen LogP contribution is 2.25. The molecule has 1 atom stereocenters. The zero-order valence-corrected chi connectivity index (χ0v) is 12.2. The molecular weight excluding hydrogens is 304 g/mol. The Labute approximate surface area is 122 Å². The predicted molar refractivity (Wildman–Crippen MR) is 75.0 cm³/mol. The highest BCUT2D eigenvalue weighted by Gasteiger charge is 2.20. The summed E-state index contributed by atoms with van der Waals surface area (Å²) in [5, 5.41) is 7.86. The Hall–Kier alpha value is -1.15. The normalized spacial score (nSPS) is 19.0. The lowest BCUT2D eigenvalue weighted by Crippen LogP contribution is -2.20. The number of rotatable bonds is 4. The molecule has 0 saturated carbocycles. The van der Waals surface area contributed by atoms with E-state index in [1.807, 2.05) is 0 Å². The molecule has 0 aromatic heterocycles. The number of primary sulfonamides is 1. The van der Waals surface area contributed by atoms with Gasteiger partial charge >= 0.3 is 0 Å². The molecule has 3 N–H and O–H groups in total. The number of carbonyl (C=O) groups is 1. The lowest BCUT2D eigenvalue weighted by molar-refractivity contribution is -0.118. The average molecular weight is 319 g/mol. The van der Waals surface area contributed by atoms with Crippen molar-refractivity contribution in [3.05, 3.63) is 23.2 Å². The van der Waals surface area contributed by atoms with Crippen LogP contribution in [0.4, 0.5) is 5.69 Å². The van der Waals surface area contributed by atoms with Crippen molar-refractivity contribution in [1.82, 2.24) is 0 Å². The highest BCUT2D eigenvalue weighted by atomic mass is 35.5. The number of amides is 1. The molecule has 1 amide bonds. The predicted octanol–water partition coefficient (Wildman–Crippen LogP) is 1.50. The number of carbonyl (C=O) groups excluding carboxylic acids is 1. The van der Waals surface area contributed by atoms with Crippen molar-refractivity contribution in [1.29, 1.82) is 0 Å². The second-order valence-corrected chi connectivity index (χ2v) is 6.54. The Balaban J connectivity index is 2.09. The van der Waals surface area contributed by atoms with E-state index in [4.69, 9.17) is 21.5 Å². The fourth-order valence-corrected chi connectivity index (χ4v) is 2.70. The van der Waals surface area contributed by atoms with Crippen LogP contribution in [0.15, 0.2) is 23.1 Å². The molecule has 0 spiro atoms. The minimum Gasteiger partial charge on any atom is -0.378 e. The van der Waals surface area contributed by atoms with E-state index >= 15 is 0 Å². The van der Waals surface area contributed by atoms with E-state index in [1.54, 1.807) is 0 Å². The number of halogens is 1. The van der Waals surface area contributed by atoms with Gasteiger partial charge in [0.25, 0.3) is 0 Å². The zero-order chi connectivity index (χ0) is 14.8. The third kappa shape index (κ3) is 3.92. The summed E-state index contributed by atoms with van der Waals surface area (Å²) in [6.45, 7) is 0.666. The monoisotopic (exact) mass is 318 g/mol.